The van der Waals surface area contributed by atoms with Gasteiger partial charge >= 0.3 is 0 Å². The van der Waals surface area contributed by atoms with E-state index in [1.807, 2.05) is 26.0 Å². The quantitative estimate of drug-likeness (QED) is 0.908. The molecular weight excluding hydrogens is 280 g/mol. The molecule has 1 aromatic rings. The van der Waals surface area contributed by atoms with Crippen LogP contribution in [0.15, 0.2) is 28.7 Å². The Balaban J connectivity index is 2.09. The smallest absolute Gasteiger partial charge is 0.0737 e. The average Bonchev–Trinajstić information content (AvgIpc) is 2.19. The lowest BCUT2D eigenvalue weighted by Gasteiger charge is -2.41. The Morgan fingerprint density at radius 2 is 1.94 bits per heavy atom. The molecule has 1 aromatic carbocycles. The van der Waals surface area contributed by atoms with Crippen molar-refractivity contribution in [1.29, 1.82) is 0 Å². The minimum atomic E-state index is -0.629. The second-order valence-corrected chi connectivity index (χ2v) is 6.48. The standard InChI is InChI=1S/C14H19BrO2/c1-13(2)10-14(16,7-8-17-13)9-11-3-5-12(15)6-4-11/h3-6,16H,7-10H2,1-2H3. The molecule has 1 heterocycles. The Kier molecular flexibility index (Phi) is 3.62. The number of hydrogen-bond donors (Lipinski definition) is 1. The third-order valence-electron chi connectivity index (χ3n) is 3.26. The molecule has 1 atom stereocenters. The van der Waals surface area contributed by atoms with Gasteiger partial charge in [-0.05, 0) is 38.0 Å². The molecule has 2 rings (SSSR count). The summed E-state index contributed by atoms with van der Waals surface area (Å²) in [5.74, 6) is 0. The molecule has 94 valence electrons. The Morgan fingerprint density at radius 3 is 2.53 bits per heavy atom. The van der Waals surface area contributed by atoms with Gasteiger partial charge in [0.2, 0.25) is 0 Å². The highest BCUT2D eigenvalue weighted by molar-refractivity contribution is 9.10. The molecule has 1 unspecified atom stereocenters. The van der Waals surface area contributed by atoms with Crippen LogP contribution in [0.1, 0.15) is 32.3 Å². The molecule has 0 aromatic heterocycles. The number of aliphatic hydroxyl groups is 1. The van der Waals surface area contributed by atoms with Crippen LogP contribution in [0.25, 0.3) is 0 Å². The summed E-state index contributed by atoms with van der Waals surface area (Å²) in [4.78, 5) is 0. The number of ether oxygens (including phenoxy) is 1. The van der Waals surface area contributed by atoms with Gasteiger partial charge in [0.15, 0.2) is 0 Å². The first-order chi connectivity index (χ1) is 7.89. The van der Waals surface area contributed by atoms with Gasteiger partial charge in [0.05, 0.1) is 17.8 Å². The SMILES string of the molecule is CC1(C)CC(O)(Cc2ccc(Br)cc2)CCO1. The molecule has 1 aliphatic heterocycles. The summed E-state index contributed by atoms with van der Waals surface area (Å²) < 4.78 is 6.72. The van der Waals surface area contributed by atoms with Gasteiger partial charge in [-0.3, -0.25) is 0 Å². The van der Waals surface area contributed by atoms with Crippen molar-refractivity contribution in [2.24, 2.45) is 0 Å². The summed E-state index contributed by atoms with van der Waals surface area (Å²) in [6.45, 7) is 4.72. The van der Waals surface area contributed by atoms with Crippen molar-refractivity contribution in [3.05, 3.63) is 34.3 Å². The molecule has 0 amide bonds. The van der Waals surface area contributed by atoms with Crippen LogP contribution >= 0.6 is 15.9 Å². The lowest BCUT2D eigenvalue weighted by Crippen LogP contribution is -2.47. The van der Waals surface area contributed by atoms with Gasteiger partial charge in [-0.25, -0.2) is 0 Å². The van der Waals surface area contributed by atoms with Crippen molar-refractivity contribution in [2.75, 3.05) is 6.61 Å². The van der Waals surface area contributed by atoms with Crippen molar-refractivity contribution >= 4 is 15.9 Å². The van der Waals surface area contributed by atoms with Crippen LogP contribution < -0.4 is 0 Å². The molecular formula is C14H19BrO2. The van der Waals surface area contributed by atoms with E-state index in [1.54, 1.807) is 0 Å². The van der Waals surface area contributed by atoms with Gasteiger partial charge in [-0.15, -0.1) is 0 Å². The van der Waals surface area contributed by atoms with Gasteiger partial charge in [-0.1, -0.05) is 28.1 Å². The second-order valence-electron chi connectivity index (χ2n) is 5.56. The lowest BCUT2D eigenvalue weighted by atomic mass is 9.80. The van der Waals surface area contributed by atoms with E-state index in [4.69, 9.17) is 4.74 Å². The molecule has 0 spiro atoms. The first-order valence-corrected chi connectivity index (χ1v) is 6.79. The number of rotatable bonds is 2. The fourth-order valence-corrected chi connectivity index (χ4v) is 2.85. The fourth-order valence-electron chi connectivity index (χ4n) is 2.58. The summed E-state index contributed by atoms with van der Waals surface area (Å²) in [5, 5.41) is 10.6. The first-order valence-electron chi connectivity index (χ1n) is 5.99. The highest BCUT2D eigenvalue weighted by Gasteiger charge is 2.39. The van der Waals surface area contributed by atoms with Crippen LogP contribution in [0.5, 0.6) is 0 Å². The van der Waals surface area contributed by atoms with E-state index in [1.165, 1.54) is 5.56 Å². The van der Waals surface area contributed by atoms with Crippen LogP contribution in [0.4, 0.5) is 0 Å². The minimum absolute atomic E-state index is 0.220. The Bertz CT molecular complexity index is 386. The third kappa shape index (κ3) is 3.54. The maximum Gasteiger partial charge on any atom is 0.0737 e. The summed E-state index contributed by atoms with van der Waals surface area (Å²) in [7, 11) is 0. The zero-order chi connectivity index (χ0) is 12.5. The van der Waals surface area contributed by atoms with E-state index in [9.17, 15) is 5.11 Å². The monoisotopic (exact) mass is 298 g/mol. The average molecular weight is 299 g/mol. The van der Waals surface area contributed by atoms with E-state index in [0.717, 1.165) is 4.47 Å². The van der Waals surface area contributed by atoms with Crippen molar-refractivity contribution in [1.82, 2.24) is 0 Å². The molecule has 0 saturated carbocycles. The second kappa shape index (κ2) is 4.71. The van der Waals surface area contributed by atoms with E-state index < -0.39 is 5.60 Å². The summed E-state index contributed by atoms with van der Waals surface area (Å²) in [5.41, 5.74) is 0.325. The molecule has 2 nitrogen and oxygen atoms in total. The van der Waals surface area contributed by atoms with Crippen molar-refractivity contribution in [2.45, 2.75) is 44.3 Å². The highest BCUT2D eigenvalue weighted by Crippen LogP contribution is 2.34. The van der Waals surface area contributed by atoms with Gasteiger partial charge in [0, 0.05) is 17.3 Å². The molecule has 17 heavy (non-hydrogen) atoms. The van der Waals surface area contributed by atoms with Gasteiger partial charge in [-0.2, -0.15) is 0 Å². The van der Waals surface area contributed by atoms with E-state index >= 15 is 0 Å². The molecule has 1 fully saturated rings. The highest BCUT2D eigenvalue weighted by atomic mass is 79.9. The summed E-state index contributed by atoms with van der Waals surface area (Å²) >= 11 is 3.42. The number of benzene rings is 1. The molecule has 0 bridgehead atoms. The van der Waals surface area contributed by atoms with Crippen molar-refractivity contribution < 1.29 is 9.84 Å². The van der Waals surface area contributed by atoms with Crippen LogP contribution in [-0.2, 0) is 11.2 Å². The zero-order valence-electron chi connectivity index (χ0n) is 10.4. The van der Waals surface area contributed by atoms with Crippen LogP contribution in [-0.4, -0.2) is 22.9 Å². The Hall–Kier alpha value is -0.380. The van der Waals surface area contributed by atoms with Gasteiger partial charge in [0.1, 0.15) is 0 Å². The minimum Gasteiger partial charge on any atom is -0.389 e. The molecule has 0 radical (unpaired) electrons. The first kappa shape index (κ1) is 13.1. The number of halogens is 1. The molecule has 3 heteroatoms. The van der Waals surface area contributed by atoms with Gasteiger partial charge in [0.25, 0.3) is 0 Å². The van der Waals surface area contributed by atoms with Crippen LogP contribution in [0, 0.1) is 0 Å². The summed E-state index contributed by atoms with van der Waals surface area (Å²) in [6.07, 6.45) is 2.11. The topological polar surface area (TPSA) is 29.5 Å². The van der Waals surface area contributed by atoms with Crippen LogP contribution in [0.2, 0.25) is 0 Å². The maximum atomic E-state index is 10.6. The van der Waals surface area contributed by atoms with Crippen LogP contribution in [0.3, 0.4) is 0 Å². The predicted octanol–water partition coefficient (Wildman–Crippen LogP) is 3.31. The normalized spacial score (nSPS) is 28.0. The Labute approximate surface area is 111 Å². The largest absolute Gasteiger partial charge is 0.389 e. The van der Waals surface area contributed by atoms with E-state index in [2.05, 4.69) is 28.1 Å². The van der Waals surface area contributed by atoms with Crippen molar-refractivity contribution in [3.63, 3.8) is 0 Å². The number of hydrogen-bond acceptors (Lipinski definition) is 2. The third-order valence-corrected chi connectivity index (χ3v) is 3.79. The molecule has 1 saturated heterocycles. The molecule has 0 aliphatic carbocycles. The lowest BCUT2D eigenvalue weighted by molar-refractivity contribution is -0.143. The Morgan fingerprint density at radius 1 is 1.29 bits per heavy atom. The molecule has 1 N–H and O–H groups in total. The zero-order valence-corrected chi connectivity index (χ0v) is 12.0. The summed E-state index contributed by atoms with van der Waals surface area (Å²) in [6, 6.07) is 8.15. The van der Waals surface area contributed by atoms with E-state index in [-0.39, 0.29) is 5.60 Å². The molecule has 1 aliphatic rings. The fraction of sp³-hybridized carbons (Fsp3) is 0.571. The predicted molar refractivity (Wildman–Crippen MR) is 72.1 cm³/mol. The van der Waals surface area contributed by atoms with Crippen molar-refractivity contribution in [3.8, 4) is 0 Å². The maximum absolute atomic E-state index is 10.6. The van der Waals surface area contributed by atoms with Gasteiger partial charge < -0.3 is 9.84 Å². The van der Waals surface area contributed by atoms with E-state index in [0.29, 0.717) is 25.9 Å².